The molecule has 1 aromatic heterocycles. The Morgan fingerprint density at radius 2 is 2.39 bits per heavy atom. The fourth-order valence-electron chi connectivity index (χ4n) is 2.01. The maximum absolute atomic E-state index is 12.2. The van der Waals surface area contributed by atoms with E-state index in [0.717, 1.165) is 31.5 Å². The SMILES string of the molecule is CCNCCC(=O)N(Cc1cccnc1)C1CC1. The Morgan fingerprint density at radius 1 is 1.56 bits per heavy atom. The van der Waals surface area contributed by atoms with Crippen LogP contribution >= 0.6 is 0 Å². The molecule has 2 rings (SSSR count). The Bertz CT molecular complexity index is 376. The number of pyridine rings is 1. The molecule has 1 aliphatic carbocycles. The molecule has 0 atom stereocenters. The van der Waals surface area contributed by atoms with Crippen LogP contribution in [0.3, 0.4) is 0 Å². The number of hydrogen-bond donors (Lipinski definition) is 1. The van der Waals surface area contributed by atoms with Crippen LogP contribution in [0.4, 0.5) is 0 Å². The van der Waals surface area contributed by atoms with Crippen molar-refractivity contribution < 1.29 is 4.79 Å². The first-order valence-corrected chi connectivity index (χ1v) is 6.70. The van der Waals surface area contributed by atoms with Gasteiger partial charge in [-0.3, -0.25) is 9.78 Å². The van der Waals surface area contributed by atoms with E-state index in [1.165, 1.54) is 0 Å². The third-order valence-corrected chi connectivity index (χ3v) is 3.15. The Labute approximate surface area is 108 Å². The van der Waals surface area contributed by atoms with E-state index in [0.29, 0.717) is 19.0 Å². The molecule has 4 heteroatoms. The second-order valence-electron chi connectivity index (χ2n) is 4.72. The minimum absolute atomic E-state index is 0.252. The highest BCUT2D eigenvalue weighted by Gasteiger charge is 2.32. The predicted octanol–water partition coefficient (Wildman–Crippen LogP) is 1.57. The summed E-state index contributed by atoms with van der Waals surface area (Å²) in [6, 6.07) is 4.41. The molecule has 4 nitrogen and oxygen atoms in total. The molecule has 0 bridgehead atoms. The highest BCUT2D eigenvalue weighted by Crippen LogP contribution is 2.28. The van der Waals surface area contributed by atoms with Crippen LogP contribution in [-0.2, 0) is 11.3 Å². The van der Waals surface area contributed by atoms with Crippen LogP contribution in [-0.4, -0.2) is 34.9 Å². The van der Waals surface area contributed by atoms with Gasteiger partial charge in [-0.25, -0.2) is 0 Å². The first-order chi connectivity index (χ1) is 8.81. The maximum atomic E-state index is 12.2. The van der Waals surface area contributed by atoms with E-state index in [-0.39, 0.29) is 5.91 Å². The largest absolute Gasteiger partial charge is 0.335 e. The van der Waals surface area contributed by atoms with Crippen molar-refractivity contribution in [3.05, 3.63) is 30.1 Å². The summed E-state index contributed by atoms with van der Waals surface area (Å²) in [7, 11) is 0. The molecule has 0 radical (unpaired) electrons. The topological polar surface area (TPSA) is 45.2 Å². The van der Waals surface area contributed by atoms with E-state index < -0.39 is 0 Å². The van der Waals surface area contributed by atoms with Gasteiger partial charge >= 0.3 is 0 Å². The number of aromatic nitrogens is 1. The third kappa shape index (κ3) is 3.81. The summed E-state index contributed by atoms with van der Waals surface area (Å²) in [5.41, 5.74) is 1.11. The van der Waals surface area contributed by atoms with E-state index in [4.69, 9.17) is 0 Å². The number of hydrogen-bond acceptors (Lipinski definition) is 3. The Hall–Kier alpha value is -1.42. The van der Waals surface area contributed by atoms with Crippen LogP contribution in [0.2, 0.25) is 0 Å². The molecule has 18 heavy (non-hydrogen) atoms. The molecular formula is C14H21N3O. The van der Waals surface area contributed by atoms with Crippen LogP contribution in [0, 0.1) is 0 Å². The van der Waals surface area contributed by atoms with Crippen molar-refractivity contribution in [1.82, 2.24) is 15.2 Å². The van der Waals surface area contributed by atoms with Crippen LogP contribution in [0.5, 0.6) is 0 Å². The van der Waals surface area contributed by atoms with Gasteiger partial charge in [0, 0.05) is 37.9 Å². The molecule has 1 N–H and O–H groups in total. The zero-order valence-corrected chi connectivity index (χ0v) is 10.9. The molecular weight excluding hydrogens is 226 g/mol. The van der Waals surface area contributed by atoms with Gasteiger partial charge in [0.1, 0.15) is 0 Å². The molecule has 1 saturated carbocycles. The highest BCUT2D eigenvalue weighted by molar-refractivity contribution is 5.77. The summed E-state index contributed by atoms with van der Waals surface area (Å²) in [6.07, 6.45) is 6.48. The van der Waals surface area contributed by atoms with E-state index in [1.807, 2.05) is 23.2 Å². The van der Waals surface area contributed by atoms with Gasteiger partial charge in [0.15, 0.2) is 0 Å². The zero-order chi connectivity index (χ0) is 12.8. The molecule has 1 amide bonds. The average Bonchev–Trinajstić information content (AvgIpc) is 3.21. The number of carbonyl (C=O) groups is 1. The lowest BCUT2D eigenvalue weighted by atomic mass is 10.2. The molecule has 0 spiro atoms. The van der Waals surface area contributed by atoms with Crippen molar-refractivity contribution in [2.75, 3.05) is 13.1 Å². The quantitative estimate of drug-likeness (QED) is 0.744. The van der Waals surface area contributed by atoms with Gasteiger partial charge in [-0.05, 0) is 31.0 Å². The molecule has 98 valence electrons. The Morgan fingerprint density at radius 3 is 3.00 bits per heavy atom. The number of amides is 1. The molecule has 1 fully saturated rings. The monoisotopic (exact) mass is 247 g/mol. The third-order valence-electron chi connectivity index (χ3n) is 3.15. The molecule has 1 heterocycles. The number of rotatable bonds is 7. The fourth-order valence-corrected chi connectivity index (χ4v) is 2.01. The fraction of sp³-hybridized carbons (Fsp3) is 0.571. The second-order valence-corrected chi connectivity index (χ2v) is 4.72. The van der Waals surface area contributed by atoms with Gasteiger partial charge in [-0.2, -0.15) is 0 Å². The Kier molecular flexibility index (Phi) is 4.70. The van der Waals surface area contributed by atoms with Crippen LogP contribution < -0.4 is 5.32 Å². The van der Waals surface area contributed by atoms with Gasteiger partial charge in [0.05, 0.1) is 0 Å². The molecule has 0 aromatic carbocycles. The summed E-state index contributed by atoms with van der Waals surface area (Å²) in [5.74, 6) is 0.252. The summed E-state index contributed by atoms with van der Waals surface area (Å²) in [4.78, 5) is 18.3. The lowest BCUT2D eigenvalue weighted by Gasteiger charge is -2.22. The van der Waals surface area contributed by atoms with E-state index in [2.05, 4.69) is 17.2 Å². The summed E-state index contributed by atoms with van der Waals surface area (Å²) >= 11 is 0. The normalized spacial score (nSPS) is 14.5. The van der Waals surface area contributed by atoms with Crippen molar-refractivity contribution in [3.63, 3.8) is 0 Å². The molecule has 0 aliphatic heterocycles. The van der Waals surface area contributed by atoms with Crippen LogP contribution in [0.15, 0.2) is 24.5 Å². The van der Waals surface area contributed by atoms with Gasteiger partial charge in [-0.1, -0.05) is 13.0 Å². The lowest BCUT2D eigenvalue weighted by Crippen LogP contribution is -2.34. The summed E-state index contributed by atoms with van der Waals surface area (Å²) in [6.45, 7) is 4.44. The highest BCUT2D eigenvalue weighted by atomic mass is 16.2. The zero-order valence-electron chi connectivity index (χ0n) is 10.9. The van der Waals surface area contributed by atoms with Gasteiger partial charge in [0.25, 0.3) is 0 Å². The minimum atomic E-state index is 0.252. The standard InChI is InChI=1S/C14H21N3O/c1-2-15-9-7-14(18)17(13-5-6-13)11-12-4-3-8-16-10-12/h3-4,8,10,13,15H,2,5-7,9,11H2,1H3. The van der Waals surface area contributed by atoms with E-state index in [1.54, 1.807) is 6.20 Å². The second kappa shape index (κ2) is 6.50. The van der Waals surface area contributed by atoms with Crippen molar-refractivity contribution >= 4 is 5.91 Å². The minimum Gasteiger partial charge on any atom is -0.335 e. The Balaban J connectivity index is 1.89. The van der Waals surface area contributed by atoms with Gasteiger partial charge in [-0.15, -0.1) is 0 Å². The number of carbonyl (C=O) groups excluding carboxylic acids is 1. The van der Waals surface area contributed by atoms with Crippen molar-refractivity contribution in [1.29, 1.82) is 0 Å². The van der Waals surface area contributed by atoms with E-state index in [9.17, 15) is 4.79 Å². The van der Waals surface area contributed by atoms with Gasteiger partial charge in [0.2, 0.25) is 5.91 Å². The van der Waals surface area contributed by atoms with Crippen molar-refractivity contribution in [2.24, 2.45) is 0 Å². The maximum Gasteiger partial charge on any atom is 0.224 e. The number of nitrogens with one attached hydrogen (secondary N) is 1. The lowest BCUT2D eigenvalue weighted by molar-refractivity contribution is -0.132. The first-order valence-electron chi connectivity index (χ1n) is 6.70. The predicted molar refractivity (Wildman–Crippen MR) is 71.0 cm³/mol. The van der Waals surface area contributed by atoms with Crippen LogP contribution in [0.1, 0.15) is 31.7 Å². The van der Waals surface area contributed by atoms with Crippen LogP contribution in [0.25, 0.3) is 0 Å². The average molecular weight is 247 g/mol. The van der Waals surface area contributed by atoms with Crippen molar-refractivity contribution in [2.45, 2.75) is 38.8 Å². The smallest absolute Gasteiger partial charge is 0.224 e. The summed E-state index contributed by atoms with van der Waals surface area (Å²) < 4.78 is 0. The van der Waals surface area contributed by atoms with Crippen molar-refractivity contribution in [3.8, 4) is 0 Å². The molecule has 1 aromatic rings. The first kappa shape index (κ1) is 13.0. The number of nitrogens with zero attached hydrogens (tertiary/aromatic N) is 2. The molecule has 0 unspecified atom stereocenters. The summed E-state index contributed by atoms with van der Waals surface area (Å²) in [5, 5.41) is 3.20. The van der Waals surface area contributed by atoms with E-state index >= 15 is 0 Å². The molecule has 0 saturated heterocycles. The molecule has 1 aliphatic rings. The van der Waals surface area contributed by atoms with Gasteiger partial charge < -0.3 is 10.2 Å².